The predicted molar refractivity (Wildman–Crippen MR) is 95.1 cm³/mol. The zero-order valence-electron chi connectivity index (χ0n) is 14.1. The zero-order valence-corrected chi connectivity index (χ0v) is 14.1. The standard InChI is InChI=1S/C19H23N3O3/c23-13-17(19(25)22-11-5-1-2-6-12-22)21-18(24)15-9-10-20-16-8-4-3-7-14(15)16/h3-4,7-10,17,23H,1-2,5-6,11-13H2,(H,21,24). The van der Waals surface area contributed by atoms with Crippen molar-refractivity contribution >= 4 is 22.7 Å². The number of aliphatic hydroxyl groups is 1. The Morgan fingerprint density at radius 3 is 2.56 bits per heavy atom. The van der Waals surface area contributed by atoms with E-state index in [1.165, 1.54) is 0 Å². The lowest BCUT2D eigenvalue weighted by atomic mass is 10.1. The smallest absolute Gasteiger partial charge is 0.252 e. The van der Waals surface area contributed by atoms with E-state index < -0.39 is 12.6 Å². The van der Waals surface area contributed by atoms with Gasteiger partial charge in [0.05, 0.1) is 17.7 Å². The predicted octanol–water partition coefficient (Wildman–Crippen LogP) is 1.73. The summed E-state index contributed by atoms with van der Waals surface area (Å²) in [6, 6.07) is 8.06. The third kappa shape index (κ3) is 3.96. The zero-order chi connectivity index (χ0) is 17.6. The van der Waals surface area contributed by atoms with Crippen molar-refractivity contribution in [2.24, 2.45) is 0 Å². The summed E-state index contributed by atoms with van der Waals surface area (Å²) in [6.45, 7) is 0.955. The van der Waals surface area contributed by atoms with E-state index in [-0.39, 0.29) is 11.8 Å². The van der Waals surface area contributed by atoms with E-state index in [4.69, 9.17) is 0 Å². The van der Waals surface area contributed by atoms with Gasteiger partial charge in [-0.1, -0.05) is 31.0 Å². The van der Waals surface area contributed by atoms with Crippen LogP contribution in [0.2, 0.25) is 0 Å². The van der Waals surface area contributed by atoms with Crippen LogP contribution in [0.5, 0.6) is 0 Å². The third-order valence-corrected chi connectivity index (χ3v) is 4.60. The maximum atomic E-state index is 12.7. The average molecular weight is 341 g/mol. The van der Waals surface area contributed by atoms with E-state index in [9.17, 15) is 14.7 Å². The first-order valence-electron chi connectivity index (χ1n) is 8.75. The van der Waals surface area contributed by atoms with Gasteiger partial charge in [-0.05, 0) is 25.0 Å². The molecule has 1 aromatic carbocycles. The van der Waals surface area contributed by atoms with E-state index in [0.29, 0.717) is 18.7 Å². The number of hydrogen-bond donors (Lipinski definition) is 2. The SMILES string of the molecule is O=C(NC(CO)C(=O)N1CCCCCC1)c1ccnc2ccccc12. The number of aliphatic hydroxyl groups excluding tert-OH is 1. The van der Waals surface area contributed by atoms with Crippen LogP contribution >= 0.6 is 0 Å². The van der Waals surface area contributed by atoms with Gasteiger partial charge in [-0.2, -0.15) is 0 Å². The minimum Gasteiger partial charge on any atom is -0.394 e. The number of rotatable bonds is 4. The minimum atomic E-state index is -0.919. The molecule has 6 heteroatoms. The van der Waals surface area contributed by atoms with Crippen LogP contribution in [0.25, 0.3) is 10.9 Å². The molecule has 0 spiro atoms. The van der Waals surface area contributed by atoms with Crippen LogP contribution < -0.4 is 5.32 Å². The van der Waals surface area contributed by atoms with Crippen LogP contribution in [0, 0.1) is 0 Å². The van der Waals surface area contributed by atoms with Crippen molar-refractivity contribution in [3.8, 4) is 0 Å². The first kappa shape index (κ1) is 17.4. The number of para-hydroxylation sites is 1. The number of pyridine rings is 1. The Hall–Kier alpha value is -2.47. The van der Waals surface area contributed by atoms with Gasteiger partial charge >= 0.3 is 0 Å². The number of benzene rings is 1. The molecular formula is C19H23N3O3. The Morgan fingerprint density at radius 2 is 1.84 bits per heavy atom. The molecule has 0 saturated carbocycles. The molecule has 1 aliphatic heterocycles. The van der Waals surface area contributed by atoms with Crippen molar-refractivity contribution in [1.29, 1.82) is 0 Å². The van der Waals surface area contributed by atoms with Crippen molar-refractivity contribution in [3.05, 3.63) is 42.1 Å². The highest BCUT2D eigenvalue weighted by atomic mass is 16.3. The number of carbonyl (C=O) groups is 2. The molecule has 2 amide bonds. The highest BCUT2D eigenvalue weighted by Crippen LogP contribution is 2.16. The summed E-state index contributed by atoms with van der Waals surface area (Å²) in [5.74, 6) is -0.586. The molecule has 1 atom stereocenters. The molecule has 1 aromatic heterocycles. The number of likely N-dealkylation sites (tertiary alicyclic amines) is 1. The largest absolute Gasteiger partial charge is 0.394 e. The lowest BCUT2D eigenvalue weighted by Gasteiger charge is -2.25. The number of nitrogens with one attached hydrogen (secondary N) is 1. The number of hydrogen-bond acceptors (Lipinski definition) is 4. The summed E-state index contributed by atoms with van der Waals surface area (Å²) in [5, 5.41) is 13.0. The Labute approximate surface area is 146 Å². The highest BCUT2D eigenvalue weighted by molar-refractivity contribution is 6.07. The van der Waals surface area contributed by atoms with Crippen LogP contribution in [0.4, 0.5) is 0 Å². The summed E-state index contributed by atoms with van der Waals surface area (Å²) in [7, 11) is 0. The van der Waals surface area contributed by atoms with E-state index in [1.807, 2.05) is 24.3 Å². The average Bonchev–Trinajstić information content (AvgIpc) is 2.94. The van der Waals surface area contributed by atoms with Gasteiger partial charge in [0.2, 0.25) is 5.91 Å². The molecule has 3 rings (SSSR count). The van der Waals surface area contributed by atoms with E-state index in [1.54, 1.807) is 17.2 Å². The summed E-state index contributed by atoms with van der Waals surface area (Å²) in [5.41, 5.74) is 1.17. The number of nitrogens with zero attached hydrogens (tertiary/aromatic N) is 2. The van der Waals surface area contributed by atoms with Crippen LogP contribution in [0.15, 0.2) is 36.5 Å². The van der Waals surface area contributed by atoms with E-state index in [2.05, 4.69) is 10.3 Å². The second-order valence-corrected chi connectivity index (χ2v) is 6.32. The molecule has 2 aromatic rings. The molecule has 1 fully saturated rings. The van der Waals surface area contributed by atoms with Crippen molar-refractivity contribution < 1.29 is 14.7 Å². The van der Waals surface area contributed by atoms with Gasteiger partial charge < -0.3 is 15.3 Å². The number of fused-ring (bicyclic) bond motifs is 1. The molecule has 0 radical (unpaired) electrons. The highest BCUT2D eigenvalue weighted by Gasteiger charge is 2.26. The van der Waals surface area contributed by atoms with Gasteiger partial charge in [-0.25, -0.2) is 0 Å². The molecule has 6 nitrogen and oxygen atoms in total. The fourth-order valence-electron chi connectivity index (χ4n) is 3.23. The normalized spacial score (nSPS) is 16.3. The molecule has 2 N–H and O–H groups in total. The molecule has 1 aliphatic rings. The summed E-state index contributed by atoms with van der Waals surface area (Å²) >= 11 is 0. The van der Waals surface area contributed by atoms with Crippen LogP contribution in [0.3, 0.4) is 0 Å². The van der Waals surface area contributed by atoms with Gasteiger partial charge in [0.25, 0.3) is 5.91 Å². The molecule has 2 heterocycles. The van der Waals surface area contributed by atoms with Crippen LogP contribution in [-0.4, -0.2) is 52.5 Å². The van der Waals surface area contributed by atoms with Crippen LogP contribution in [-0.2, 0) is 4.79 Å². The Morgan fingerprint density at radius 1 is 1.12 bits per heavy atom. The summed E-state index contributed by atoms with van der Waals surface area (Å²) in [4.78, 5) is 31.3. The van der Waals surface area contributed by atoms with E-state index >= 15 is 0 Å². The number of aromatic nitrogens is 1. The maximum Gasteiger partial charge on any atom is 0.252 e. The van der Waals surface area contributed by atoms with Gasteiger partial charge in [0, 0.05) is 24.7 Å². The molecule has 0 bridgehead atoms. The lowest BCUT2D eigenvalue weighted by molar-refractivity contribution is -0.134. The Bertz CT molecular complexity index is 749. The first-order valence-corrected chi connectivity index (χ1v) is 8.75. The maximum absolute atomic E-state index is 12.7. The molecule has 132 valence electrons. The fourth-order valence-corrected chi connectivity index (χ4v) is 3.23. The summed E-state index contributed by atoms with van der Waals surface area (Å²) < 4.78 is 0. The van der Waals surface area contributed by atoms with Gasteiger partial charge in [-0.3, -0.25) is 14.6 Å². The van der Waals surface area contributed by atoms with Crippen molar-refractivity contribution in [2.75, 3.05) is 19.7 Å². The second-order valence-electron chi connectivity index (χ2n) is 6.32. The van der Waals surface area contributed by atoms with Gasteiger partial charge in [-0.15, -0.1) is 0 Å². The monoisotopic (exact) mass is 341 g/mol. The quantitative estimate of drug-likeness (QED) is 0.887. The summed E-state index contributed by atoms with van der Waals surface area (Å²) in [6.07, 6.45) is 5.73. The van der Waals surface area contributed by atoms with Crippen molar-refractivity contribution in [2.45, 2.75) is 31.7 Å². The fraction of sp³-hybridized carbons (Fsp3) is 0.421. The van der Waals surface area contributed by atoms with Gasteiger partial charge in [0.1, 0.15) is 6.04 Å². The topological polar surface area (TPSA) is 82.5 Å². The minimum absolute atomic E-state index is 0.212. The second kappa shape index (κ2) is 8.07. The number of carbonyl (C=O) groups excluding carboxylic acids is 2. The lowest BCUT2D eigenvalue weighted by Crippen LogP contribution is -2.50. The Kier molecular flexibility index (Phi) is 5.60. The molecule has 0 aliphatic carbocycles. The molecule has 25 heavy (non-hydrogen) atoms. The number of amides is 2. The molecule has 1 saturated heterocycles. The molecular weight excluding hydrogens is 318 g/mol. The van der Waals surface area contributed by atoms with Crippen LogP contribution in [0.1, 0.15) is 36.0 Å². The first-order chi connectivity index (χ1) is 12.2. The molecule has 1 unspecified atom stereocenters. The van der Waals surface area contributed by atoms with Crippen molar-refractivity contribution in [1.82, 2.24) is 15.2 Å². The van der Waals surface area contributed by atoms with Crippen molar-refractivity contribution in [3.63, 3.8) is 0 Å². The van der Waals surface area contributed by atoms with E-state index in [0.717, 1.165) is 36.6 Å². The Balaban J connectivity index is 1.76. The van der Waals surface area contributed by atoms with Gasteiger partial charge in [0.15, 0.2) is 0 Å². The third-order valence-electron chi connectivity index (χ3n) is 4.60.